The number of hydrogen-bond donors (Lipinski definition) is 2. The van der Waals surface area contributed by atoms with Crippen molar-refractivity contribution in [3.8, 4) is 5.75 Å². The third-order valence-corrected chi connectivity index (χ3v) is 5.66. The minimum absolute atomic E-state index is 0.0740. The second-order valence-electron chi connectivity index (χ2n) is 6.88. The van der Waals surface area contributed by atoms with Crippen LogP contribution in [-0.4, -0.2) is 50.1 Å². The minimum Gasteiger partial charge on any atom is -0.497 e. The summed E-state index contributed by atoms with van der Waals surface area (Å²) >= 11 is 12.0. The number of likely N-dealkylation sites (tertiary alicyclic amines) is 1. The van der Waals surface area contributed by atoms with Crippen LogP contribution in [0.15, 0.2) is 42.5 Å². The average molecular weight is 422 g/mol. The number of anilines is 1. The van der Waals surface area contributed by atoms with E-state index in [9.17, 15) is 4.79 Å². The third kappa shape index (κ3) is 5.77. The maximum absolute atomic E-state index is 12.2. The van der Waals surface area contributed by atoms with Crippen molar-refractivity contribution in [1.82, 2.24) is 10.2 Å². The molecular formula is C21H25Cl2N3O2. The Morgan fingerprint density at radius 3 is 2.64 bits per heavy atom. The molecule has 2 aromatic carbocycles. The van der Waals surface area contributed by atoms with Crippen molar-refractivity contribution in [2.75, 3.05) is 38.6 Å². The normalized spacial score (nSPS) is 15.2. The molecule has 1 fully saturated rings. The predicted molar refractivity (Wildman–Crippen MR) is 115 cm³/mol. The molecule has 5 nitrogen and oxygen atoms in total. The van der Waals surface area contributed by atoms with Crippen LogP contribution < -0.4 is 15.4 Å². The predicted octanol–water partition coefficient (Wildman–Crippen LogP) is 4.31. The van der Waals surface area contributed by atoms with E-state index in [0.29, 0.717) is 33.9 Å². The van der Waals surface area contributed by atoms with E-state index >= 15 is 0 Å². The van der Waals surface area contributed by atoms with Crippen LogP contribution in [0.25, 0.3) is 0 Å². The van der Waals surface area contributed by atoms with Gasteiger partial charge in [-0.3, -0.25) is 4.79 Å². The van der Waals surface area contributed by atoms with Crippen LogP contribution >= 0.6 is 23.2 Å². The number of carbonyl (C=O) groups excluding carboxylic acids is 1. The molecule has 7 heteroatoms. The lowest BCUT2D eigenvalue weighted by Gasteiger charge is -2.32. The monoisotopic (exact) mass is 421 g/mol. The second kappa shape index (κ2) is 10.0. The summed E-state index contributed by atoms with van der Waals surface area (Å²) in [7, 11) is 1.59. The molecule has 0 unspecified atom stereocenters. The number of nitrogens with zero attached hydrogens (tertiary/aromatic N) is 1. The number of carbonyl (C=O) groups is 1. The number of halogens is 2. The summed E-state index contributed by atoms with van der Waals surface area (Å²) in [5.74, 6) is 0.610. The lowest BCUT2D eigenvalue weighted by atomic mass is 10.0. The highest BCUT2D eigenvalue weighted by Crippen LogP contribution is 2.26. The van der Waals surface area contributed by atoms with E-state index in [2.05, 4.69) is 15.5 Å². The fraction of sp³-hybridized carbons (Fsp3) is 0.381. The Morgan fingerprint density at radius 1 is 1.14 bits per heavy atom. The molecule has 0 bridgehead atoms. The largest absolute Gasteiger partial charge is 0.497 e. The molecule has 1 saturated heterocycles. The van der Waals surface area contributed by atoms with Crippen molar-refractivity contribution in [3.63, 3.8) is 0 Å². The molecule has 3 rings (SSSR count). The first-order valence-corrected chi connectivity index (χ1v) is 10.2. The van der Waals surface area contributed by atoms with Gasteiger partial charge >= 0.3 is 0 Å². The Balaban J connectivity index is 1.38. The first kappa shape index (κ1) is 20.8. The van der Waals surface area contributed by atoms with Gasteiger partial charge in [-0.2, -0.15) is 0 Å². The highest BCUT2D eigenvalue weighted by molar-refractivity contribution is 6.42. The molecule has 2 aromatic rings. The lowest BCUT2D eigenvalue weighted by Crippen LogP contribution is -2.42. The number of piperidine rings is 1. The fourth-order valence-electron chi connectivity index (χ4n) is 3.32. The Morgan fingerprint density at radius 2 is 1.93 bits per heavy atom. The van der Waals surface area contributed by atoms with Gasteiger partial charge < -0.3 is 20.3 Å². The van der Waals surface area contributed by atoms with Gasteiger partial charge in [-0.05, 0) is 49.2 Å². The molecule has 1 aliphatic heterocycles. The molecule has 1 heterocycles. The first-order valence-electron chi connectivity index (χ1n) is 9.41. The summed E-state index contributed by atoms with van der Waals surface area (Å²) < 4.78 is 5.16. The summed E-state index contributed by atoms with van der Waals surface area (Å²) in [6, 6.07) is 13.2. The Bertz CT molecular complexity index is 808. The third-order valence-electron chi connectivity index (χ3n) is 4.92. The minimum atomic E-state index is -0.0740. The molecule has 2 N–H and O–H groups in total. The van der Waals surface area contributed by atoms with Gasteiger partial charge in [0.05, 0.1) is 17.2 Å². The maximum atomic E-state index is 12.2. The summed E-state index contributed by atoms with van der Waals surface area (Å²) in [5.41, 5.74) is 1.61. The smallest absolute Gasteiger partial charge is 0.251 e. The molecule has 0 radical (unpaired) electrons. The first-order chi connectivity index (χ1) is 13.5. The van der Waals surface area contributed by atoms with Gasteiger partial charge in [0.15, 0.2) is 0 Å². The van der Waals surface area contributed by atoms with Gasteiger partial charge in [0.1, 0.15) is 5.75 Å². The Hall–Kier alpha value is -1.95. The number of methoxy groups -OCH3 is 1. The van der Waals surface area contributed by atoms with Crippen molar-refractivity contribution in [3.05, 3.63) is 58.1 Å². The zero-order chi connectivity index (χ0) is 19.9. The van der Waals surface area contributed by atoms with E-state index in [0.717, 1.165) is 38.2 Å². The van der Waals surface area contributed by atoms with Crippen LogP contribution in [0.4, 0.5) is 5.69 Å². The molecule has 0 spiro atoms. The summed E-state index contributed by atoms with van der Waals surface area (Å²) in [6.07, 6.45) is 2.09. The topological polar surface area (TPSA) is 53.6 Å². The van der Waals surface area contributed by atoms with Crippen LogP contribution in [0.2, 0.25) is 10.0 Å². The van der Waals surface area contributed by atoms with E-state index in [1.165, 1.54) is 0 Å². The van der Waals surface area contributed by atoms with E-state index in [4.69, 9.17) is 27.9 Å². The van der Waals surface area contributed by atoms with Crippen LogP contribution in [0, 0.1) is 0 Å². The SMILES string of the molecule is COc1cccc(C(=O)NCCN2CCC(Nc3ccc(Cl)c(Cl)c3)CC2)c1. The van der Waals surface area contributed by atoms with E-state index in [1.54, 1.807) is 19.2 Å². The van der Waals surface area contributed by atoms with Gasteiger partial charge in [-0.25, -0.2) is 0 Å². The summed E-state index contributed by atoms with van der Waals surface area (Å²) in [6.45, 7) is 3.46. The number of benzene rings is 2. The highest BCUT2D eigenvalue weighted by atomic mass is 35.5. The van der Waals surface area contributed by atoms with E-state index in [1.807, 2.05) is 30.3 Å². The molecular weight excluding hydrogens is 397 g/mol. The van der Waals surface area contributed by atoms with Gasteiger partial charge in [0, 0.05) is 43.5 Å². The van der Waals surface area contributed by atoms with Crippen LogP contribution in [-0.2, 0) is 0 Å². The molecule has 0 aliphatic carbocycles. The van der Waals surface area contributed by atoms with Crippen molar-refractivity contribution in [2.24, 2.45) is 0 Å². The Labute approximate surface area is 176 Å². The molecule has 28 heavy (non-hydrogen) atoms. The van der Waals surface area contributed by atoms with E-state index in [-0.39, 0.29) is 5.91 Å². The molecule has 1 amide bonds. The second-order valence-corrected chi connectivity index (χ2v) is 7.69. The van der Waals surface area contributed by atoms with Gasteiger partial charge in [-0.15, -0.1) is 0 Å². The van der Waals surface area contributed by atoms with Crippen molar-refractivity contribution >= 4 is 34.8 Å². The molecule has 0 saturated carbocycles. The van der Waals surface area contributed by atoms with Crippen LogP contribution in [0.5, 0.6) is 5.75 Å². The Kier molecular flexibility index (Phi) is 7.43. The number of ether oxygens (including phenoxy) is 1. The van der Waals surface area contributed by atoms with Gasteiger partial charge in [-0.1, -0.05) is 29.3 Å². The van der Waals surface area contributed by atoms with Crippen molar-refractivity contribution < 1.29 is 9.53 Å². The number of hydrogen-bond acceptors (Lipinski definition) is 4. The highest BCUT2D eigenvalue weighted by Gasteiger charge is 2.19. The quantitative estimate of drug-likeness (QED) is 0.699. The number of amides is 1. The molecule has 0 atom stereocenters. The lowest BCUT2D eigenvalue weighted by molar-refractivity contribution is 0.0945. The van der Waals surface area contributed by atoms with Crippen molar-refractivity contribution in [1.29, 1.82) is 0 Å². The van der Waals surface area contributed by atoms with Crippen molar-refractivity contribution in [2.45, 2.75) is 18.9 Å². The van der Waals surface area contributed by atoms with Gasteiger partial charge in [0.25, 0.3) is 5.91 Å². The van der Waals surface area contributed by atoms with E-state index < -0.39 is 0 Å². The zero-order valence-corrected chi connectivity index (χ0v) is 17.4. The number of nitrogens with one attached hydrogen (secondary N) is 2. The van der Waals surface area contributed by atoms with Crippen LogP contribution in [0.3, 0.4) is 0 Å². The summed E-state index contributed by atoms with van der Waals surface area (Å²) in [4.78, 5) is 14.6. The summed E-state index contributed by atoms with van der Waals surface area (Å²) in [5, 5.41) is 7.64. The van der Waals surface area contributed by atoms with Crippen LogP contribution in [0.1, 0.15) is 23.2 Å². The zero-order valence-electron chi connectivity index (χ0n) is 15.9. The number of rotatable bonds is 7. The molecule has 150 valence electrons. The molecule has 0 aromatic heterocycles. The standard InChI is InChI=1S/C21H25Cl2N3O2/c1-28-18-4-2-3-15(13-18)21(27)24-9-12-26-10-7-16(8-11-26)25-17-5-6-19(22)20(23)14-17/h2-6,13-14,16,25H,7-12H2,1H3,(H,24,27). The van der Waals surface area contributed by atoms with Gasteiger partial charge in [0.2, 0.25) is 0 Å². The average Bonchev–Trinajstić information content (AvgIpc) is 2.72. The molecule has 1 aliphatic rings. The fourth-order valence-corrected chi connectivity index (χ4v) is 3.61. The maximum Gasteiger partial charge on any atom is 0.251 e.